The van der Waals surface area contributed by atoms with Crippen LogP contribution in [0.5, 0.6) is 11.5 Å². The van der Waals surface area contributed by atoms with Crippen molar-refractivity contribution in [2.24, 2.45) is 9.98 Å². The van der Waals surface area contributed by atoms with Crippen molar-refractivity contribution in [3.05, 3.63) is 72.2 Å². The van der Waals surface area contributed by atoms with Crippen LogP contribution >= 0.6 is 20.2 Å². The second-order valence-corrected chi connectivity index (χ2v) is 6.97. The van der Waals surface area contributed by atoms with Gasteiger partial charge in [-0.25, -0.2) is 9.98 Å². The first kappa shape index (κ1) is 22.1. The minimum atomic E-state index is 0.194. The molecule has 0 spiro atoms. The molecule has 0 atom stereocenters. The molecule has 0 N–H and O–H groups in total. The SMILES string of the molecule is COc1ccccc1N=Cc1ccc(C=Nc2ccccc2OC)o1.[Cl][Fe][Cl]. The summed E-state index contributed by atoms with van der Waals surface area (Å²) >= 11 is 0.194. The molecule has 0 unspecified atom stereocenters. The van der Waals surface area contributed by atoms with Gasteiger partial charge in [0.25, 0.3) is 0 Å². The molecule has 0 fully saturated rings. The van der Waals surface area contributed by atoms with Crippen molar-refractivity contribution >= 4 is 44.0 Å². The molecule has 0 aliphatic rings. The van der Waals surface area contributed by atoms with Gasteiger partial charge < -0.3 is 13.9 Å². The summed E-state index contributed by atoms with van der Waals surface area (Å²) in [6.45, 7) is 0. The Morgan fingerprint density at radius 2 is 1.14 bits per heavy atom. The number of nitrogens with zero attached hydrogens (tertiary/aromatic N) is 2. The number of aliphatic imine (C=N–C) groups is 2. The van der Waals surface area contributed by atoms with Gasteiger partial charge in [0.15, 0.2) is 0 Å². The van der Waals surface area contributed by atoms with Crippen LogP contribution in [0.3, 0.4) is 0 Å². The van der Waals surface area contributed by atoms with Crippen LogP contribution in [-0.2, 0) is 13.1 Å². The quantitative estimate of drug-likeness (QED) is 0.326. The predicted molar refractivity (Wildman–Crippen MR) is 111 cm³/mol. The Balaban J connectivity index is 0.000000878. The second-order valence-electron chi connectivity index (χ2n) is 5.15. The van der Waals surface area contributed by atoms with Crippen LogP contribution < -0.4 is 9.47 Å². The van der Waals surface area contributed by atoms with Gasteiger partial charge in [-0.05, 0) is 36.4 Å². The van der Waals surface area contributed by atoms with Crippen LogP contribution in [0.1, 0.15) is 11.5 Å². The van der Waals surface area contributed by atoms with Gasteiger partial charge in [0, 0.05) is 0 Å². The predicted octanol–water partition coefficient (Wildman–Crippen LogP) is 6.17. The third-order valence-electron chi connectivity index (χ3n) is 3.48. The molecule has 28 heavy (non-hydrogen) atoms. The zero-order valence-corrected chi connectivity index (χ0v) is 17.8. The van der Waals surface area contributed by atoms with Crippen molar-refractivity contribution in [2.45, 2.75) is 0 Å². The summed E-state index contributed by atoms with van der Waals surface area (Å²) in [4.78, 5) is 8.80. The number of methoxy groups -OCH3 is 2. The fourth-order valence-corrected chi connectivity index (χ4v) is 2.25. The van der Waals surface area contributed by atoms with Crippen LogP contribution in [-0.4, -0.2) is 26.6 Å². The Kier molecular flexibility index (Phi) is 9.66. The monoisotopic (exact) mass is 460 g/mol. The summed E-state index contributed by atoms with van der Waals surface area (Å²) in [6, 6.07) is 18.8. The summed E-state index contributed by atoms with van der Waals surface area (Å²) in [6.07, 6.45) is 3.30. The fraction of sp³-hybridized carbons (Fsp3) is 0.100. The van der Waals surface area contributed by atoms with Crippen molar-refractivity contribution in [3.8, 4) is 11.5 Å². The maximum atomic E-state index is 5.69. The van der Waals surface area contributed by atoms with Crippen LogP contribution in [0.15, 0.2) is 75.1 Å². The Hall–Kier alpha value is -2.24. The Morgan fingerprint density at radius 3 is 1.54 bits per heavy atom. The molecule has 2 aromatic carbocycles. The Morgan fingerprint density at radius 1 is 0.750 bits per heavy atom. The number of hydrogen-bond donors (Lipinski definition) is 0. The van der Waals surface area contributed by atoms with E-state index >= 15 is 0 Å². The summed E-state index contributed by atoms with van der Waals surface area (Å²) in [7, 11) is 12.8. The van der Waals surface area contributed by atoms with Crippen LogP contribution in [0.2, 0.25) is 0 Å². The van der Waals surface area contributed by atoms with Gasteiger partial charge in [0.05, 0.1) is 26.6 Å². The van der Waals surface area contributed by atoms with Crippen molar-refractivity contribution in [2.75, 3.05) is 14.2 Å². The molecule has 3 aromatic rings. The first-order valence-electron chi connectivity index (χ1n) is 8.01. The fourth-order valence-electron chi connectivity index (χ4n) is 2.25. The van der Waals surface area contributed by atoms with E-state index in [0.29, 0.717) is 23.0 Å². The molecule has 0 aliphatic heterocycles. The van der Waals surface area contributed by atoms with E-state index in [-0.39, 0.29) is 13.1 Å². The minimum absolute atomic E-state index is 0.194. The molecule has 0 saturated heterocycles. The molecule has 0 bridgehead atoms. The third kappa shape index (κ3) is 6.73. The Labute approximate surface area is 178 Å². The molecule has 1 heterocycles. The van der Waals surface area contributed by atoms with Gasteiger partial charge in [-0.1, -0.05) is 24.3 Å². The van der Waals surface area contributed by atoms with Crippen molar-refractivity contribution in [1.29, 1.82) is 0 Å². The first-order chi connectivity index (χ1) is 13.7. The molecule has 0 aliphatic carbocycles. The van der Waals surface area contributed by atoms with E-state index in [1.165, 1.54) is 0 Å². The number of benzene rings is 2. The molecular formula is C20H18Cl2FeN2O3. The van der Waals surface area contributed by atoms with Crippen molar-refractivity contribution in [1.82, 2.24) is 0 Å². The molecule has 5 nitrogen and oxygen atoms in total. The molecule has 0 radical (unpaired) electrons. The first-order valence-corrected chi connectivity index (χ1v) is 11.0. The molecular weight excluding hydrogens is 443 g/mol. The van der Waals surface area contributed by atoms with Gasteiger partial charge in [-0.15, -0.1) is 0 Å². The standard InChI is InChI=1S/C20H18N2O3.2ClH.Fe/c1-23-19-9-5-3-7-17(19)21-13-15-11-12-16(25-15)14-22-18-8-4-6-10-20(18)24-2;;;/h3-14H,1-2H3;2*1H;/q;;;+2/p-2. The molecule has 148 valence electrons. The average Bonchev–Trinajstić information content (AvgIpc) is 3.19. The number of halogens is 2. The van der Waals surface area contributed by atoms with E-state index in [1.807, 2.05) is 60.7 Å². The van der Waals surface area contributed by atoms with Crippen molar-refractivity contribution < 1.29 is 27.0 Å². The van der Waals surface area contributed by atoms with E-state index in [2.05, 4.69) is 9.98 Å². The van der Waals surface area contributed by atoms with Crippen LogP contribution in [0, 0.1) is 0 Å². The zero-order chi connectivity index (χ0) is 20.2. The molecule has 0 saturated carbocycles. The molecule has 1 aromatic heterocycles. The van der Waals surface area contributed by atoms with Gasteiger partial charge in [0.1, 0.15) is 34.4 Å². The topological polar surface area (TPSA) is 56.3 Å². The normalized spacial score (nSPS) is 10.9. The van der Waals surface area contributed by atoms with Gasteiger partial charge in [-0.2, -0.15) is 0 Å². The van der Waals surface area contributed by atoms with Crippen LogP contribution in [0.25, 0.3) is 0 Å². The third-order valence-corrected chi connectivity index (χ3v) is 3.48. The number of hydrogen-bond acceptors (Lipinski definition) is 5. The summed E-state index contributed by atoms with van der Waals surface area (Å²) in [5.74, 6) is 2.69. The van der Waals surface area contributed by atoms with Gasteiger partial charge in [-0.3, -0.25) is 0 Å². The van der Waals surface area contributed by atoms with E-state index in [9.17, 15) is 0 Å². The Bertz CT molecular complexity index is 857. The van der Waals surface area contributed by atoms with Crippen molar-refractivity contribution in [3.63, 3.8) is 0 Å². The van der Waals surface area contributed by atoms with E-state index in [4.69, 9.17) is 34.1 Å². The maximum absolute atomic E-state index is 5.69. The van der Waals surface area contributed by atoms with Gasteiger partial charge >= 0.3 is 33.3 Å². The molecule has 8 heteroatoms. The van der Waals surface area contributed by atoms with E-state index in [1.54, 1.807) is 26.6 Å². The zero-order valence-electron chi connectivity index (χ0n) is 15.2. The van der Waals surface area contributed by atoms with Crippen LogP contribution in [0.4, 0.5) is 11.4 Å². The number of para-hydroxylation sites is 4. The molecule has 3 rings (SSSR count). The number of furan rings is 1. The second kappa shape index (κ2) is 12.3. The average molecular weight is 461 g/mol. The summed E-state index contributed by atoms with van der Waals surface area (Å²) in [5.41, 5.74) is 1.48. The summed E-state index contributed by atoms with van der Waals surface area (Å²) < 4.78 is 16.2. The van der Waals surface area contributed by atoms with Gasteiger partial charge in [0.2, 0.25) is 0 Å². The molecule has 0 amide bonds. The number of ether oxygens (including phenoxy) is 2. The van der Waals surface area contributed by atoms with E-state index in [0.717, 1.165) is 11.4 Å². The van der Waals surface area contributed by atoms with E-state index < -0.39 is 0 Å². The number of rotatable bonds is 6. The summed E-state index contributed by atoms with van der Waals surface area (Å²) in [5, 5.41) is 0.